The lowest BCUT2D eigenvalue weighted by Crippen LogP contribution is -2.50. The zero-order valence-corrected chi connectivity index (χ0v) is 17.2. The number of hydrogen-bond donors (Lipinski definition) is 2. The molecule has 2 aromatic carbocycles. The van der Waals surface area contributed by atoms with Gasteiger partial charge in [0.25, 0.3) is 0 Å². The van der Waals surface area contributed by atoms with E-state index in [4.69, 9.17) is 19.3 Å². The standard InChI is InChI=1S/C23H26O8/c1-23(31-21(27)13-12-20(25)26,16-29-14-17-8-4-2-5-9-17)19(24)15-30-22(28)18-10-6-3-7-11-18/h2-11,19,24H,12-16H2,1H3,(H,25,26)/t19-,23+/m0/s1. The van der Waals surface area contributed by atoms with Crippen molar-refractivity contribution in [1.82, 2.24) is 0 Å². The lowest BCUT2D eigenvalue weighted by Gasteiger charge is -2.33. The molecule has 8 heteroatoms. The molecule has 0 unspecified atom stereocenters. The molecule has 0 aromatic heterocycles. The number of ether oxygens (including phenoxy) is 3. The number of hydrogen-bond acceptors (Lipinski definition) is 7. The van der Waals surface area contributed by atoms with Gasteiger partial charge >= 0.3 is 17.9 Å². The third-order valence-corrected chi connectivity index (χ3v) is 4.48. The zero-order valence-electron chi connectivity index (χ0n) is 17.2. The van der Waals surface area contributed by atoms with Crippen LogP contribution < -0.4 is 0 Å². The van der Waals surface area contributed by atoms with Crippen molar-refractivity contribution in [2.24, 2.45) is 0 Å². The highest BCUT2D eigenvalue weighted by Gasteiger charge is 2.38. The maximum atomic E-state index is 12.1. The fourth-order valence-electron chi connectivity index (χ4n) is 2.65. The molecule has 0 spiro atoms. The number of carbonyl (C=O) groups is 3. The summed E-state index contributed by atoms with van der Waals surface area (Å²) >= 11 is 0. The minimum atomic E-state index is -1.55. The Morgan fingerprint density at radius 1 is 0.968 bits per heavy atom. The molecule has 0 aliphatic rings. The van der Waals surface area contributed by atoms with Crippen LogP contribution in [-0.4, -0.2) is 53.0 Å². The second kappa shape index (κ2) is 11.8. The lowest BCUT2D eigenvalue weighted by molar-refractivity contribution is -0.186. The van der Waals surface area contributed by atoms with E-state index in [1.165, 1.54) is 6.92 Å². The molecule has 0 aliphatic heterocycles. The quantitative estimate of drug-likeness (QED) is 0.493. The topological polar surface area (TPSA) is 119 Å². The number of benzene rings is 2. The molecule has 0 heterocycles. The van der Waals surface area contributed by atoms with Crippen LogP contribution in [0.5, 0.6) is 0 Å². The first-order valence-electron chi connectivity index (χ1n) is 9.76. The molecule has 2 rings (SSSR count). The van der Waals surface area contributed by atoms with Gasteiger partial charge in [-0.3, -0.25) is 9.59 Å². The minimum Gasteiger partial charge on any atom is -0.481 e. The first-order chi connectivity index (χ1) is 14.8. The van der Waals surface area contributed by atoms with E-state index in [1.807, 2.05) is 30.3 Å². The Hall–Kier alpha value is -3.23. The molecule has 0 saturated heterocycles. The van der Waals surface area contributed by atoms with E-state index in [2.05, 4.69) is 0 Å². The van der Waals surface area contributed by atoms with Crippen LogP contribution in [0.4, 0.5) is 0 Å². The molecule has 0 amide bonds. The lowest BCUT2D eigenvalue weighted by atomic mass is 10.00. The Labute approximate surface area is 180 Å². The number of carboxylic acids is 1. The Bertz CT molecular complexity index is 852. The van der Waals surface area contributed by atoms with Gasteiger partial charge in [0.05, 0.1) is 31.6 Å². The number of aliphatic hydroxyl groups excluding tert-OH is 1. The Kier molecular flexibility index (Phi) is 9.17. The number of rotatable bonds is 12. The monoisotopic (exact) mass is 430 g/mol. The summed E-state index contributed by atoms with van der Waals surface area (Å²) in [4.78, 5) is 34.9. The summed E-state index contributed by atoms with van der Waals surface area (Å²) in [5.74, 6) is -2.58. The fraction of sp³-hybridized carbons (Fsp3) is 0.348. The smallest absolute Gasteiger partial charge is 0.338 e. The van der Waals surface area contributed by atoms with Gasteiger partial charge in [0.2, 0.25) is 0 Å². The van der Waals surface area contributed by atoms with Gasteiger partial charge in [-0.1, -0.05) is 48.5 Å². The molecule has 0 radical (unpaired) electrons. The largest absolute Gasteiger partial charge is 0.481 e. The maximum Gasteiger partial charge on any atom is 0.338 e. The molecule has 2 aromatic rings. The van der Waals surface area contributed by atoms with Crippen LogP contribution in [0.25, 0.3) is 0 Å². The van der Waals surface area contributed by atoms with Gasteiger partial charge in [-0.05, 0) is 24.6 Å². The van der Waals surface area contributed by atoms with Crippen molar-refractivity contribution in [3.8, 4) is 0 Å². The molecular formula is C23H26O8. The van der Waals surface area contributed by atoms with Crippen molar-refractivity contribution < 1.29 is 38.8 Å². The molecule has 31 heavy (non-hydrogen) atoms. The van der Waals surface area contributed by atoms with Crippen LogP contribution in [0.15, 0.2) is 60.7 Å². The van der Waals surface area contributed by atoms with Crippen LogP contribution >= 0.6 is 0 Å². The third-order valence-electron chi connectivity index (χ3n) is 4.48. The van der Waals surface area contributed by atoms with Crippen LogP contribution in [0, 0.1) is 0 Å². The molecule has 0 bridgehead atoms. The van der Waals surface area contributed by atoms with Crippen LogP contribution in [-0.2, 0) is 30.4 Å². The molecule has 8 nitrogen and oxygen atoms in total. The van der Waals surface area contributed by atoms with Gasteiger partial charge in [-0.15, -0.1) is 0 Å². The Morgan fingerprint density at radius 2 is 1.58 bits per heavy atom. The van der Waals surface area contributed by atoms with Crippen molar-refractivity contribution in [2.75, 3.05) is 13.2 Å². The maximum absolute atomic E-state index is 12.1. The van der Waals surface area contributed by atoms with E-state index < -0.39 is 42.6 Å². The molecule has 2 N–H and O–H groups in total. The van der Waals surface area contributed by atoms with Crippen LogP contribution in [0.3, 0.4) is 0 Å². The van der Waals surface area contributed by atoms with E-state index in [0.717, 1.165) is 5.56 Å². The second-order valence-electron chi connectivity index (χ2n) is 7.14. The summed E-state index contributed by atoms with van der Waals surface area (Å²) < 4.78 is 16.1. The van der Waals surface area contributed by atoms with Crippen LogP contribution in [0.1, 0.15) is 35.7 Å². The number of carbonyl (C=O) groups excluding carboxylic acids is 2. The molecule has 0 saturated carbocycles. The first kappa shape index (κ1) is 24.0. The van der Waals surface area contributed by atoms with Crippen molar-refractivity contribution in [3.05, 3.63) is 71.8 Å². The minimum absolute atomic E-state index is 0.190. The SMILES string of the molecule is C[C@](COCc1ccccc1)(OC(=O)CCC(=O)O)[C@@H](O)COC(=O)c1ccccc1. The van der Waals surface area contributed by atoms with E-state index in [0.29, 0.717) is 5.56 Å². The molecule has 0 fully saturated rings. The van der Waals surface area contributed by atoms with Gasteiger partial charge in [0, 0.05) is 0 Å². The molecule has 166 valence electrons. The second-order valence-corrected chi connectivity index (χ2v) is 7.14. The number of aliphatic hydroxyl groups is 1. The van der Waals surface area contributed by atoms with Crippen LogP contribution in [0.2, 0.25) is 0 Å². The summed E-state index contributed by atoms with van der Waals surface area (Å²) in [6.07, 6.45) is -2.16. The number of carboxylic acid groups (broad SMARTS) is 1. The van der Waals surface area contributed by atoms with E-state index in [9.17, 15) is 19.5 Å². The van der Waals surface area contributed by atoms with Gasteiger partial charge in [-0.25, -0.2) is 4.79 Å². The summed E-state index contributed by atoms with van der Waals surface area (Å²) in [5, 5.41) is 19.4. The van der Waals surface area contributed by atoms with Crippen molar-refractivity contribution in [2.45, 2.75) is 38.1 Å². The third kappa shape index (κ3) is 8.19. The predicted octanol–water partition coefficient (Wildman–Crippen LogP) is 2.59. The van der Waals surface area contributed by atoms with Gasteiger partial charge in [0.15, 0.2) is 5.60 Å². The number of aliphatic carboxylic acids is 1. The normalized spacial score (nSPS) is 13.6. The van der Waals surface area contributed by atoms with E-state index in [1.54, 1.807) is 30.3 Å². The van der Waals surface area contributed by atoms with Gasteiger partial charge < -0.3 is 24.4 Å². The van der Waals surface area contributed by atoms with E-state index >= 15 is 0 Å². The molecule has 2 atom stereocenters. The van der Waals surface area contributed by atoms with Gasteiger partial charge in [0.1, 0.15) is 12.7 Å². The Balaban J connectivity index is 2.00. The summed E-state index contributed by atoms with van der Waals surface area (Å²) in [7, 11) is 0. The van der Waals surface area contributed by atoms with Crippen molar-refractivity contribution in [3.63, 3.8) is 0 Å². The average molecular weight is 430 g/mol. The first-order valence-corrected chi connectivity index (χ1v) is 9.76. The van der Waals surface area contributed by atoms with E-state index in [-0.39, 0.29) is 19.6 Å². The highest BCUT2D eigenvalue weighted by Crippen LogP contribution is 2.20. The fourth-order valence-corrected chi connectivity index (χ4v) is 2.65. The van der Waals surface area contributed by atoms with Crippen molar-refractivity contribution >= 4 is 17.9 Å². The molecular weight excluding hydrogens is 404 g/mol. The summed E-state index contributed by atoms with van der Waals surface area (Å²) in [6.45, 7) is 1.02. The highest BCUT2D eigenvalue weighted by atomic mass is 16.6. The average Bonchev–Trinajstić information content (AvgIpc) is 2.77. The summed E-state index contributed by atoms with van der Waals surface area (Å²) in [6, 6.07) is 17.5. The molecule has 0 aliphatic carbocycles. The zero-order chi connectivity index (χ0) is 22.7. The summed E-state index contributed by atoms with van der Waals surface area (Å²) in [5.41, 5.74) is -0.358. The highest BCUT2D eigenvalue weighted by molar-refractivity contribution is 5.89. The van der Waals surface area contributed by atoms with Crippen molar-refractivity contribution in [1.29, 1.82) is 0 Å². The predicted molar refractivity (Wildman–Crippen MR) is 110 cm³/mol. The Morgan fingerprint density at radius 3 is 2.19 bits per heavy atom. The van der Waals surface area contributed by atoms with Gasteiger partial charge in [-0.2, -0.15) is 0 Å². The number of esters is 2.